The van der Waals surface area contributed by atoms with Gasteiger partial charge in [-0.3, -0.25) is 0 Å². The summed E-state index contributed by atoms with van der Waals surface area (Å²) in [6.45, 7) is 0. The van der Waals surface area contributed by atoms with Crippen LogP contribution >= 0.6 is 11.6 Å². The first kappa shape index (κ1) is 11.6. The number of hydrogen-bond donors (Lipinski definition) is 1. The molecule has 80 valence electrons. The average Bonchev–Trinajstić information content (AvgIpc) is 2.13. The fourth-order valence-electron chi connectivity index (χ4n) is 1.17. The summed E-state index contributed by atoms with van der Waals surface area (Å²) < 4.78 is 0. The lowest BCUT2D eigenvalue weighted by Gasteiger charge is -2.08. The Kier molecular flexibility index (Phi) is 3.74. The predicted octanol–water partition coefficient (Wildman–Crippen LogP) is 2.33. The smallest absolute Gasteiger partial charge is 0.337 e. The van der Waals surface area contributed by atoms with Crippen LogP contribution in [-0.2, 0) is 4.79 Å². The van der Waals surface area contributed by atoms with E-state index in [1.807, 2.05) is 0 Å². The zero-order valence-corrected chi connectivity index (χ0v) is 9.32. The number of rotatable bonds is 3. The molecule has 0 aliphatic rings. The summed E-state index contributed by atoms with van der Waals surface area (Å²) in [4.78, 5) is 12.7. The summed E-state index contributed by atoms with van der Waals surface area (Å²) in [5.74, 6) is -0.967. The van der Waals surface area contributed by atoms with E-state index in [-0.39, 0.29) is 5.57 Å². The number of carbonyl (C=O) groups is 1. The Morgan fingerprint density at radius 1 is 1.47 bits per heavy atom. The van der Waals surface area contributed by atoms with Crippen molar-refractivity contribution in [3.8, 4) is 0 Å². The van der Waals surface area contributed by atoms with Crippen molar-refractivity contribution in [2.75, 3.05) is 14.1 Å². The summed E-state index contributed by atoms with van der Waals surface area (Å²) in [5.41, 5.74) is 0.825. The van der Waals surface area contributed by atoms with Crippen LogP contribution in [0.2, 0.25) is 5.02 Å². The van der Waals surface area contributed by atoms with E-state index in [0.717, 1.165) is 0 Å². The highest BCUT2D eigenvalue weighted by molar-refractivity contribution is 6.31. The van der Waals surface area contributed by atoms with Crippen molar-refractivity contribution in [1.29, 1.82) is 0 Å². The molecule has 0 aliphatic heterocycles. The molecule has 0 unspecified atom stereocenters. The number of aliphatic carboxylic acids is 1. The molecule has 0 spiro atoms. The lowest BCUT2D eigenvalue weighted by atomic mass is 10.1. The molecule has 0 heterocycles. The fourth-order valence-corrected chi connectivity index (χ4v) is 1.36. The monoisotopic (exact) mass is 225 g/mol. The summed E-state index contributed by atoms with van der Waals surface area (Å²) in [6, 6.07) is 6.78. The SMILES string of the molecule is CN(C)C=C(C(=O)O)c1cccc(Cl)c1. The van der Waals surface area contributed by atoms with Gasteiger partial charge in [-0.15, -0.1) is 0 Å². The molecule has 3 nitrogen and oxygen atoms in total. The molecule has 1 aromatic carbocycles. The number of hydrogen-bond acceptors (Lipinski definition) is 2. The van der Waals surface area contributed by atoms with Crippen molar-refractivity contribution < 1.29 is 9.90 Å². The maximum atomic E-state index is 11.0. The first-order chi connectivity index (χ1) is 7.00. The number of carboxylic acid groups (broad SMARTS) is 1. The summed E-state index contributed by atoms with van der Waals surface area (Å²) in [6.07, 6.45) is 1.55. The van der Waals surface area contributed by atoms with E-state index in [1.165, 1.54) is 0 Å². The maximum absolute atomic E-state index is 11.0. The standard InChI is InChI=1S/C11H12ClNO2/c1-13(2)7-10(11(14)15)8-4-3-5-9(12)6-8/h3-7H,1-2H3,(H,14,15). The highest BCUT2D eigenvalue weighted by Crippen LogP contribution is 2.19. The number of benzene rings is 1. The number of halogens is 1. The zero-order chi connectivity index (χ0) is 11.4. The van der Waals surface area contributed by atoms with Gasteiger partial charge < -0.3 is 10.0 Å². The van der Waals surface area contributed by atoms with Gasteiger partial charge in [0.05, 0.1) is 5.57 Å². The average molecular weight is 226 g/mol. The third kappa shape index (κ3) is 3.29. The summed E-state index contributed by atoms with van der Waals surface area (Å²) >= 11 is 5.80. The molecule has 0 saturated heterocycles. The first-order valence-corrected chi connectivity index (χ1v) is 4.76. The second-order valence-corrected chi connectivity index (χ2v) is 3.76. The minimum absolute atomic E-state index is 0.225. The third-order valence-corrected chi connectivity index (χ3v) is 1.99. The molecule has 1 aromatic rings. The Hall–Kier alpha value is -1.48. The van der Waals surface area contributed by atoms with Crippen molar-refractivity contribution in [1.82, 2.24) is 4.90 Å². The van der Waals surface area contributed by atoms with Gasteiger partial charge in [-0.25, -0.2) is 4.79 Å². The van der Waals surface area contributed by atoms with Crippen LogP contribution in [0.5, 0.6) is 0 Å². The van der Waals surface area contributed by atoms with Crippen molar-refractivity contribution in [3.63, 3.8) is 0 Å². The van der Waals surface area contributed by atoms with Gasteiger partial charge in [0.15, 0.2) is 0 Å². The van der Waals surface area contributed by atoms with Gasteiger partial charge in [-0.1, -0.05) is 23.7 Å². The molecule has 0 amide bonds. The molecule has 15 heavy (non-hydrogen) atoms. The minimum Gasteiger partial charge on any atom is -0.478 e. The quantitative estimate of drug-likeness (QED) is 0.803. The van der Waals surface area contributed by atoms with E-state index < -0.39 is 5.97 Å². The summed E-state index contributed by atoms with van der Waals surface area (Å²) in [5, 5.41) is 9.55. The van der Waals surface area contributed by atoms with Gasteiger partial charge in [0.25, 0.3) is 0 Å². The Bertz CT molecular complexity index is 399. The highest BCUT2D eigenvalue weighted by Gasteiger charge is 2.10. The third-order valence-electron chi connectivity index (χ3n) is 1.75. The molecule has 0 aliphatic carbocycles. The van der Waals surface area contributed by atoms with Gasteiger partial charge in [0, 0.05) is 25.3 Å². The lowest BCUT2D eigenvalue weighted by Crippen LogP contribution is -2.08. The topological polar surface area (TPSA) is 40.5 Å². The summed E-state index contributed by atoms with van der Waals surface area (Å²) in [7, 11) is 3.54. The molecule has 0 fully saturated rings. The number of nitrogens with zero attached hydrogens (tertiary/aromatic N) is 1. The van der Waals surface area contributed by atoms with E-state index in [9.17, 15) is 4.79 Å². The van der Waals surface area contributed by atoms with E-state index in [2.05, 4.69) is 0 Å². The van der Waals surface area contributed by atoms with Crippen LogP contribution in [0.4, 0.5) is 0 Å². The van der Waals surface area contributed by atoms with Gasteiger partial charge in [0.2, 0.25) is 0 Å². The Labute approximate surface area is 93.6 Å². The fraction of sp³-hybridized carbons (Fsp3) is 0.182. The van der Waals surface area contributed by atoms with Crippen LogP contribution in [0.3, 0.4) is 0 Å². The van der Waals surface area contributed by atoms with Crippen molar-refractivity contribution in [3.05, 3.63) is 41.1 Å². The molecule has 4 heteroatoms. The Morgan fingerprint density at radius 3 is 2.60 bits per heavy atom. The molecular weight excluding hydrogens is 214 g/mol. The second-order valence-electron chi connectivity index (χ2n) is 3.32. The zero-order valence-electron chi connectivity index (χ0n) is 8.57. The highest BCUT2D eigenvalue weighted by atomic mass is 35.5. The molecule has 1 rings (SSSR count). The molecule has 0 radical (unpaired) electrons. The molecule has 0 saturated carbocycles. The van der Waals surface area contributed by atoms with Crippen molar-refractivity contribution in [2.45, 2.75) is 0 Å². The van der Waals surface area contributed by atoms with E-state index in [4.69, 9.17) is 16.7 Å². The van der Waals surface area contributed by atoms with E-state index in [1.54, 1.807) is 49.5 Å². The number of carboxylic acids is 1. The molecule has 0 aromatic heterocycles. The van der Waals surface area contributed by atoms with Crippen LogP contribution < -0.4 is 0 Å². The molecular formula is C11H12ClNO2. The van der Waals surface area contributed by atoms with Crippen LogP contribution in [0.1, 0.15) is 5.56 Å². The normalized spacial score (nSPS) is 11.3. The minimum atomic E-state index is -0.967. The van der Waals surface area contributed by atoms with Crippen molar-refractivity contribution >= 4 is 23.1 Å². The maximum Gasteiger partial charge on any atom is 0.337 e. The van der Waals surface area contributed by atoms with Crippen LogP contribution in [0.25, 0.3) is 5.57 Å². The largest absolute Gasteiger partial charge is 0.478 e. The van der Waals surface area contributed by atoms with Gasteiger partial charge in [-0.2, -0.15) is 0 Å². The molecule has 1 N–H and O–H groups in total. The second kappa shape index (κ2) is 4.84. The Morgan fingerprint density at radius 2 is 2.13 bits per heavy atom. The van der Waals surface area contributed by atoms with E-state index >= 15 is 0 Å². The molecule has 0 bridgehead atoms. The van der Waals surface area contributed by atoms with Crippen LogP contribution in [0, 0.1) is 0 Å². The van der Waals surface area contributed by atoms with Gasteiger partial charge in [-0.05, 0) is 17.7 Å². The lowest BCUT2D eigenvalue weighted by molar-refractivity contribution is -0.130. The Balaban J connectivity index is 3.16. The molecule has 0 atom stereocenters. The predicted molar refractivity (Wildman–Crippen MR) is 60.8 cm³/mol. The van der Waals surface area contributed by atoms with Gasteiger partial charge in [0.1, 0.15) is 0 Å². The van der Waals surface area contributed by atoms with Crippen LogP contribution in [0.15, 0.2) is 30.5 Å². The first-order valence-electron chi connectivity index (χ1n) is 4.38. The van der Waals surface area contributed by atoms with Crippen molar-refractivity contribution in [2.24, 2.45) is 0 Å². The van der Waals surface area contributed by atoms with Gasteiger partial charge >= 0.3 is 5.97 Å². The van der Waals surface area contributed by atoms with Crippen LogP contribution in [-0.4, -0.2) is 30.1 Å². The van der Waals surface area contributed by atoms with E-state index in [0.29, 0.717) is 10.6 Å².